The Kier molecular flexibility index (Phi) is 5.57. The largest absolute Gasteiger partial charge is 0.459 e. The Labute approximate surface area is 170 Å². The molecule has 28 heavy (non-hydrogen) atoms. The Morgan fingerprint density at radius 1 is 1.21 bits per heavy atom. The molecule has 2 aromatic rings. The quantitative estimate of drug-likeness (QED) is 0.632. The second-order valence-electron chi connectivity index (χ2n) is 7.20. The number of nitrogens with zero attached hydrogens (tertiary/aromatic N) is 3. The highest BCUT2D eigenvalue weighted by Crippen LogP contribution is 2.41. The van der Waals surface area contributed by atoms with Gasteiger partial charge in [0.1, 0.15) is 0 Å². The normalized spacial score (nSPS) is 22.3. The number of rotatable bonds is 4. The Morgan fingerprint density at radius 3 is 2.68 bits per heavy atom. The van der Waals surface area contributed by atoms with E-state index in [0.717, 1.165) is 37.0 Å². The predicted molar refractivity (Wildman–Crippen MR) is 110 cm³/mol. The zero-order valence-corrected chi connectivity index (χ0v) is 16.7. The summed E-state index contributed by atoms with van der Waals surface area (Å²) in [5.74, 6) is 1.76. The van der Waals surface area contributed by atoms with E-state index < -0.39 is 0 Å². The molecule has 1 aliphatic carbocycles. The summed E-state index contributed by atoms with van der Waals surface area (Å²) in [7, 11) is 0. The summed E-state index contributed by atoms with van der Waals surface area (Å²) in [6.45, 7) is 5.60. The zero-order chi connectivity index (χ0) is 19.5. The molecule has 0 bridgehead atoms. The first kappa shape index (κ1) is 18.9. The lowest BCUT2D eigenvalue weighted by Gasteiger charge is -2.36. The number of hydrogen-bond donors (Lipinski definition) is 1. The molecule has 1 saturated carbocycles. The highest BCUT2D eigenvalue weighted by Gasteiger charge is 2.40. The smallest absolute Gasteiger partial charge is 0.289 e. The van der Waals surface area contributed by atoms with Gasteiger partial charge in [-0.2, -0.15) is 0 Å². The Hall–Kier alpha value is -2.47. The lowest BCUT2D eigenvalue weighted by Crippen LogP contribution is -2.54. The molecule has 2 fully saturated rings. The average molecular weight is 401 g/mol. The van der Waals surface area contributed by atoms with Crippen molar-refractivity contribution in [2.75, 3.05) is 32.7 Å². The van der Waals surface area contributed by atoms with Gasteiger partial charge in [0, 0.05) is 49.7 Å². The molecule has 148 valence electrons. The van der Waals surface area contributed by atoms with Crippen LogP contribution in [0.3, 0.4) is 0 Å². The number of guanidine groups is 1. The van der Waals surface area contributed by atoms with Gasteiger partial charge in [0.25, 0.3) is 5.91 Å². The van der Waals surface area contributed by atoms with Crippen molar-refractivity contribution < 1.29 is 9.21 Å². The first-order valence-corrected chi connectivity index (χ1v) is 10.2. The molecule has 1 amide bonds. The molecule has 1 aromatic carbocycles. The first-order chi connectivity index (χ1) is 13.7. The van der Waals surface area contributed by atoms with Gasteiger partial charge in [-0.1, -0.05) is 23.7 Å². The standard InChI is InChI=1S/C21H25ClN4O2/c1-2-23-21(24-18-14-17(18)15-5-3-6-16(22)13-15)26-10-8-25(9-11-26)20(27)19-7-4-12-28-19/h3-7,12-13,17-18H,2,8-11,14H2,1H3,(H,23,24). The molecule has 1 aromatic heterocycles. The van der Waals surface area contributed by atoms with E-state index in [1.165, 1.54) is 11.8 Å². The molecule has 0 spiro atoms. The molecule has 2 aliphatic rings. The van der Waals surface area contributed by atoms with Crippen LogP contribution in [0.15, 0.2) is 52.1 Å². The summed E-state index contributed by atoms with van der Waals surface area (Å²) in [4.78, 5) is 21.2. The number of carbonyl (C=O) groups excluding carboxylic acids is 1. The molecular weight excluding hydrogens is 376 g/mol. The fourth-order valence-corrected chi connectivity index (χ4v) is 3.89. The zero-order valence-electron chi connectivity index (χ0n) is 16.0. The summed E-state index contributed by atoms with van der Waals surface area (Å²) in [6.07, 6.45) is 2.62. The summed E-state index contributed by atoms with van der Waals surface area (Å²) in [5.41, 5.74) is 1.27. The molecule has 2 unspecified atom stereocenters. The van der Waals surface area contributed by atoms with Crippen LogP contribution in [-0.2, 0) is 0 Å². The number of piperazine rings is 1. The predicted octanol–water partition coefficient (Wildman–Crippen LogP) is 3.21. The molecule has 7 heteroatoms. The number of nitrogens with one attached hydrogen (secondary N) is 1. The van der Waals surface area contributed by atoms with E-state index in [-0.39, 0.29) is 5.91 Å². The molecular formula is C21H25ClN4O2. The highest BCUT2D eigenvalue weighted by atomic mass is 35.5. The Balaban J connectivity index is 1.34. The number of hydrogen-bond acceptors (Lipinski definition) is 3. The van der Waals surface area contributed by atoms with E-state index in [1.807, 2.05) is 30.0 Å². The minimum absolute atomic E-state index is 0.0465. The molecule has 1 aliphatic heterocycles. The van der Waals surface area contributed by atoms with Gasteiger partial charge in [-0.05, 0) is 43.2 Å². The van der Waals surface area contributed by atoms with Gasteiger partial charge in [-0.15, -0.1) is 0 Å². The third-order valence-corrected chi connectivity index (χ3v) is 5.52. The SMILES string of the molecule is CCN=C(NC1CC1c1cccc(Cl)c1)N1CCN(C(=O)c2ccco2)CC1. The summed E-state index contributed by atoms with van der Waals surface area (Å²) < 4.78 is 5.23. The van der Waals surface area contributed by atoms with Crippen LogP contribution < -0.4 is 5.32 Å². The van der Waals surface area contributed by atoms with Gasteiger partial charge < -0.3 is 19.5 Å². The maximum Gasteiger partial charge on any atom is 0.289 e. The second kappa shape index (κ2) is 8.27. The average Bonchev–Trinajstić information content (AvgIpc) is 3.26. The fourth-order valence-electron chi connectivity index (χ4n) is 3.69. The van der Waals surface area contributed by atoms with Crippen LogP contribution >= 0.6 is 11.6 Å². The summed E-state index contributed by atoms with van der Waals surface area (Å²) in [6, 6.07) is 11.9. The molecule has 2 atom stereocenters. The van der Waals surface area contributed by atoms with Crippen molar-refractivity contribution in [1.82, 2.24) is 15.1 Å². The van der Waals surface area contributed by atoms with Gasteiger partial charge in [-0.25, -0.2) is 0 Å². The van der Waals surface area contributed by atoms with Crippen LogP contribution in [0.2, 0.25) is 5.02 Å². The van der Waals surface area contributed by atoms with Crippen molar-refractivity contribution in [3.63, 3.8) is 0 Å². The van der Waals surface area contributed by atoms with Crippen LogP contribution in [0.25, 0.3) is 0 Å². The van der Waals surface area contributed by atoms with E-state index in [0.29, 0.717) is 30.8 Å². The lowest BCUT2D eigenvalue weighted by molar-refractivity contribution is 0.0657. The number of furan rings is 1. The van der Waals surface area contributed by atoms with Crippen LogP contribution in [0.4, 0.5) is 0 Å². The van der Waals surface area contributed by atoms with E-state index in [1.54, 1.807) is 12.1 Å². The van der Waals surface area contributed by atoms with Gasteiger partial charge in [0.2, 0.25) is 0 Å². The van der Waals surface area contributed by atoms with E-state index in [2.05, 4.69) is 21.3 Å². The third kappa shape index (κ3) is 4.17. The van der Waals surface area contributed by atoms with Crippen LogP contribution in [-0.4, -0.2) is 60.4 Å². The van der Waals surface area contributed by atoms with Gasteiger partial charge in [0.15, 0.2) is 11.7 Å². The second-order valence-corrected chi connectivity index (χ2v) is 7.64. The number of carbonyl (C=O) groups is 1. The minimum atomic E-state index is -0.0465. The van der Waals surface area contributed by atoms with Gasteiger partial charge in [-0.3, -0.25) is 9.79 Å². The number of amides is 1. The monoisotopic (exact) mass is 400 g/mol. The van der Waals surface area contributed by atoms with Crippen LogP contribution in [0.1, 0.15) is 35.4 Å². The van der Waals surface area contributed by atoms with Crippen molar-refractivity contribution in [2.24, 2.45) is 4.99 Å². The third-order valence-electron chi connectivity index (χ3n) is 5.29. The van der Waals surface area contributed by atoms with E-state index >= 15 is 0 Å². The molecule has 0 radical (unpaired) electrons. The minimum Gasteiger partial charge on any atom is -0.459 e. The summed E-state index contributed by atoms with van der Waals surface area (Å²) >= 11 is 6.13. The maximum atomic E-state index is 12.4. The molecule has 6 nitrogen and oxygen atoms in total. The van der Waals surface area contributed by atoms with Crippen LogP contribution in [0, 0.1) is 0 Å². The van der Waals surface area contributed by atoms with Gasteiger partial charge in [0.05, 0.1) is 6.26 Å². The van der Waals surface area contributed by atoms with E-state index in [9.17, 15) is 4.79 Å². The van der Waals surface area contributed by atoms with Crippen molar-refractivity contribution in [3.8, 4) is 0 Å². The molecule has 1 N–H and O–H groups in total. The lowest BCUT2D eigenvalue weighted by atomic mass is 10.1. The molecule has 1 saturated heterocycles. The van der Waals surface area contributed by atoms with Crippen molar-refractivity contribution in [2.45, 2.75) is 25.3 Å². The molecule has 2 heterocycles. The number of halogens is 1. The molecule has 4 rings (SSSR count). The number of aliphatic imine (C=N–C) groups is 1. The highest BCUT2D eigenvalue weighted by molar-refractivity contribution is 6.30. The Morgan fingerprint density at radius 2 is 2.00 bits per heavy atom. The number of benzene rings is 1. The summed E-state index contributed by atoms with van der Waals surface area (Å²) in [5, 5.41) is 4.39. The van der Waals surface area contributed by atoms with Crippen molar-refractivity contribution in [1.29, 1.82) is 0 Å². The van der Waals surface area contributed by atoms with Crippen LogP contribution in [0.5, 0.6) is 0 Å². The first-order valence-electron chi connectivity index (χ1n) is 9.80. The maximum absolute atomic E-state index is 12.4. The Bertz CT molecular complexity index is 844. The van der Waals surface area contributed by atoms with Crippen molar-refractivity contribution in [3.05, 3.63) is 59.0 Å². The fraction of sp³-hybridized carbons (Fsp3) is 0.429. The van der Waals surface area contributed by atoms with Crippen molar-refractivity contribution >= 4 is 23.5 Å². The van der Waals surface area contributed by atoms with Gasteiger partial charge >= 0.3 is 0 Å². The van der Waals surface area contributed by atoms with E-state index in [4.69, 9.17) is 16.0 Å². The topological polar surface area (TPSA) is 61.1 Å².